The van der Waals surface area contributed by atoms with Crippen molar-refractivity contribution in [2.45, 2.75) is 33.4 Å². The predicted molar refractivity (Wildman–Crippen MR) is 82.4 cm³/mol. The number of hydrogen-bond acceptors (Lipinski definition) is 6. The Morgan fingerprint density at radius 2 is 2.04 bits per heavy atom. The fraction of sp³-hybridized carbons (Fsp3) is 0.533. The topological polar surface area (TPSA) is 101 Å². The Morgan fingerprint density at radius 3 is 2.61 bits per heavy atom. The van der Waals surface area contributed by atoms with Crippen LogP contribution in [0, 0.1) is 0 Å². The van der Waals surface area contributed by atoms with Crippen LogP contribution in [0.5, 0.6) is 0 Å². The average Bonchev–Trinajstić information content (AvgIpc) is 2.97. The summed E-state index contributed by atoms with van der Waals surface area (Å²) in [6.45, 7) is 5.80. The molecule has 0 bridgehead atoms. The van der Waals surface area contributed by atoms with Crippen molar-refractivity contribution in [2.75, 3.05) is 19.7 Å². The Bertz CT molecular complexity index is 513. The summed E-state index contributed by atoms with van der Waals surface area (Å²) in [5.41, 5.74) is 0. The van der Waals surface area contributed by atoms with Crippen LogP contribution in [0.4, 0.5) is 4.79 Å². The molecule has 2 N–H and O–H groups in total. The Kier molecular flexibility index (Phi) is 7.82. The van der Waals surface area contributed by atoms with E-state index in [4.69, 9.17) is 9.15 Å². The number of esters is 1. The molecule has 8 nitrogen and oxygen atoms in total. The van der Waals surface area contributed by atoms with Gasteiger partial charge in [0.2, 0.25) is 5.91 Å². The van der Waals surface area contributed by atoms with E-state index in [1.165, 1.54) is 6.26 Å². The number of furan rings is 1. The van der Waals surface area contributed by atoms with Crippen molar-refractivity contribution < 1.29 is 23.5 Å². The van der Waals surface area contributed by atoms with Crippen molar-refractivity contribution in [1.29, 1.82) is 0 Å². The number of nitrogens with one attached hydrogen (secondary N) is 2. The Balaban J connectivity index is 2.39. The Labute approximate surface area is 135 Å². The number of carbonyl (C=O) groups is 3. The number of nitrogens with zero attached hydrogens (tertiary/aromatic N) is 1. The van der Waals surface area contributed by atoms with Crippen molar-refractivity contribution >= 4 is 17.9 Å². The fourth-order valence-corrected chi connectivity index (χ4v) is 1.77. The van der Waals surface area contributed by atoms with Gasteiger partial charge in [-0.25, -0.2) is 4.79 Å². The largest absolute Gasteiger partial charge is 0.467 e. The van der Waals surface area contributed by atoms with Gasteiger partial charge < -0.3 is 14.5 Å². The number of ether oxygens (including phenoxy) is 1. The maximum absolute atomic E-state index is 11.9. The first-order chi connectivity index (χ1) is 10.9. The van der Waals surface area contributed by atoms with Crippen molar-refractivity contribution in [3.63, 3.8) is 0 Å². The molecule has 8 heteroatoms. The maximum atomic E-state index is 11.9. The van der Waals surface area contributed by atoms with E-state index < -0.39 is 17.9 Å². The van der Waals surface area contributed by atoms with E-state index in [0.29, 0.717) is 5.76 Å². The molecule has 0 aliphatic carbocycles. The SMILES string of the molecule is CCOC(=O)CN(CC(=O)NC(=O)NCc1ccco1)C(C)C. The molecule has 0 saturated carbocycles. The van der Waals surface area contributed by atoms with Gasteiger partial charge >= 0.3 is 12.0 Å². The Morgan fingerprint density at radius 1 is 1.30 bits per heavy atom. The molecular weight excluding hydrogens is 302 g/mol. The molecule has 0 aliphatic rings. The third-order valence-electron chi connectivity index (χ3n) is 2.97. The number of carbonyl (C=O) groups excluding carboxylic acids is 3. The highest BCUT2D eigenvalue weighted by Crippen LogP contribution is 1.99. The van der Waals surface area contributed by atoms with Crippen molar-refractivity contribution in [3.05, 3.63) is 24.2 Å². The van der Waals surface area contributed by atoms with Gasteiger partial charge in [0.05, 0.1) is 32.5 Å². The highest BCUT2D eigenvalue weighted by molar-refractivity contribution is 5.95. The molecule has 0 atom stereocenters. The normalized spacial score (nSPS) is 10.7. The molecule has 0 aromatic carbocycles. The molecule has 23 heavy (non-hydrogen) atoms. The minimum absolute atomic E-state index is 0.00700. The fourth-order valence-electron chi connectivity index (χ4n) is 1.77. The number of imide groups is 1. The summed E-state index contributed by atoms with van der Waals surface area (Å²) in [4.78, 5) is 36.6. The first-order valence-electron chi connectivity index (χ1n) is 7.42. The van der Waals surface area contributed by atoms with Gasteiger partial charge in [-0.3, -0.25) is 19.8 Å². The van der Waals surface area contributed by atoms with E-state index in [0.717, 1.165) is 0 Å². The van der Waals surface area contributed by atoms with Crippen LogP contribution in [0.25, 0.3) is 0 Å². The molecule has 3 amide bonds. The summed E-state index contributed by atoms with van der Waals surface area (Å²) in [5, 5.41) is 4.71. The van der Waals surface area contributed by atoms with Crippen LogP contribution in [-0.2, 0) is 20.9 Å². The summed E-state index contributed by atoms with van der Waals surface area (Å²) >= 11 is 0. The van der Waals surface area contributed by atoms with Crippen LogP contribution in [0.3, 0.4) is 0 Å². The summed E-state index contributed by atoms with van der Waals surface area (Å²) in [5.74, 6) is -0.324. The Hall–Kier alpha value is -2.35. The number of amides is 3. The second kappa shape index (κ2) is 9.62. The van der Waals surface area contributed by atoms with Crippen LogP contribution < -0.4 is 10.6 Å². The van der Waals surface area contributed by atoms with Gasteiger partial charge in [0.25, 0.3) is 0 Å². The van der Waals surface area contributed by atoms with Crippen LogP contribution in [-0.4, -0.2) is 48.5 Å². The van der Waals surface area contributed by atoms with Gasteiger partial charge in [0.1, 0.15) is 5.76 Å². The van der Waals surface area contributed by atoms with Crippen LogP contribution in [0.2, 0.25) is 0 Å². The molecular formula is C15H23N3O5. The summed E-state index contributed by atoms with van der Waals surface area (Å²) in [7, 11) is 0. The van der Waals surface area contributed by atoms with Crippen LogP contribution in [0.15, 0.2) is 22.8 Å². The van der Waals surface area contributed by atoms with Gasteiger partial charge in [-0.2, -0.15) is 0 Å². The second-order valence-electron chi connectivity index (χ2n) is 5.11. The molecule has 1 aromatic rings. The van der Waals surface area contributed by atoms with Crippen molar-refractivity contribution in [3.8, 4) is 0 Å². The lowest BCUT2D eigenvalue weighted by Crippen LogP contribution is -2.47. The molecule has 0 unspecified atom stereocenters. The van der Waals surface area contributed by atoms with Gasteiger partial charge in [-0.1, -0.05) is 0 Å². The lowest BCUT2D eigenvalue weighted by atomic mass is 10.3. The molecule has 128 valence electrons. The van der Waals surface area contributed by atoms with E-state index in [-0.39, 0.29) is 32.3 Å². The van der Waals surface area contributed by atoms with Gasteiger partial charge in [0.15, 0.2) is 0 Å². The molecule has 1 aromatic heterocycles. The van der Waals surface area contributed by atoms with Gasteiger partial charge in [0, 0.05) is 6.04 Å². The number of urea groups is 1. The van der Waals surface area contributed by atoms with E-state index in [9.17, 15) is 14.4 Å². The predicted octanol–water partition coefficient (Wildman–Crippen LogP) is 0.879. The van der Waals surface area contributed by atoms with E-state index >= 15 is 0 Å². The molecule has 0 radical (unpaired) electrons. The molecule has 1 rings (SSSR count). The second-order valence-corrected chi connectivity index (χ2v) is 5.11. The van der Waals surface area contributed by atoms with E-state index in [1.54, 1.807) is 24.0 Å². The monoisotopic (exact) mass is 325 g/mol. The summed E-state index contributed by atoms with van der Waals surface area (Å²) in [6, 6.07) is 2.75. The minimum atomic E-state index is -0.619. The quantitative estimate of drug-likeness (QED) is 0.688. The first-order valence-corrected chi connectivity index (χ1v) is 7.42. The van der Waals surface area contributed by atoms with Crippen LogP contribution in [0.1, 0.15) is 26.5 Å². The average molecular weight is 325 g/mol. The minimum Gasteiger partial charge on any atom is -0.467 e. The smallest absolute Gasteiger partial charge is 0.321 e. The van der Waals surface area contributed by atoms with Crippen LogP contribution >= 0.6 is 0 Å². The zero-order chi connectivity index (χ0) is 17.2. The lowest BCUT2D eigenvalue weighted by molar-refractivity contribution is -0.145. The van der Waals surface area contributed by atoms with Gasteiger partial charge in [-0.15, -0.1) is 0 Å². The van der Waals surface area contributed by atoms with Crippen molar-refractivity contribution in [2.24, 2.45) is 0 Å². The third kappa shape index (κ3) is 7.46. The zero-order valence-corrected chi connectivity index (χ0v) is 13.6. The zero-order valence-electron chi connectivity index (χ0n) is 13.6. The summed E-state index contributed by atoms with van der Waals surface area (Å²) in [6.07, 6.45) is 1.50. The highest BCUT2D eigenvalue weighted by atomic mass is 16.5. The number of hydrogen-bond donors (Lipinski definition) is 2. The molecule has 0 spiro atoms. The summed E-state index contributed by atoms with van der Waals surface area (Å²) < 4.78 is 9.93. The van der Waals surface area contributed by atoms with E-state index in [1.807, 2.05) is 13.8 Å². The first kappa shape index (κ1) is 18.7. The van der Waals surface area contributed by atoms with E-state index in [2.05, 4.69) is 10.6 Å². The molecule has 0 aliphatic heterocycles. The van der Waals surface area contributed by atoms with Gasteiger partial charge in [-0.05, 0) is 32.9 Å². The highest BCUT2D eigenvalue weighted by Gasteiger charge is 2.19. The molecule has 1 heterocycles. The number of rotatable bonds is 8. The molecule has 0 saturated heterocycles. The lowest BCUT2D eigenvalue weighted by Gasteiger charge is -2.24. The molecule has 0 fully saturated rings. The maximum Gasteiger partial charge on any atom is 0.321 e. The standard InChI is InChI=1S/C15H23N3O5/c1-4-22-14(20)10-18(11(2)3)9-13(19)17-15(21)16-8-12-6-5-7-23-12/h5-7,11H,4,8-10H2,1-3H3,(H2,16,17,19,21). The van der Waals surface area contributed by atoms with Crippen molar-refractivity contribution in [1.82, 2.24) is 15.5 Å². The third-order valence-corrected chi connectivity index (χ3v) is 2.97.